The molecule has 26 heavy (non-hydrogen) atoms. The number of rotatable bonds is 5. The lowest BCUT2D eigenvalue weighted by Gasteiger charge is -2.39. The van der Waals surface area contributed by atoms with E-state index in [4.69, 9.17) is 4.74 Å². The van der Waals surface area contributed by atoms with Gasteiger partial charge in [0, 0.05) is 44.3 Å². The van der Waals surface area contributed by atoms with Crippen LogP contribution in [0.25, 0.3) is 0 Å². The first-order chi connectivity index (χ1) is 12.8. The van der Waals surface area contributed by atoms with Crippen molar-refractivity contribution in [2.24, 2.45) is 0 Å². The molecule has 1 aromatic carbocycles. The van der Waals surface area contributed by atoms with Gasteiger partial charge in [-0.2, -0.15) is 0 Å². The Morgan fingerprint density at radius 1 is 1.12 bits per heavy atom. The third kappa shape index (κ3) is 3.54. The van der Waals surface area contributed by atoms with Crippen molar-refractivity contribution in [2.75, 3.05) is 43.1 Å². The molecule has 0 aliphatic carbocycles. The molecule has 0 amide bonds. The summed E-state index contributed by atoms with van der Waals surface area (Å²) in [5, 5.41) is 3.61. The smallest absolute Gasteiger partial charge is 0.134 e. The second-order valence-electron chi connectivity index (χ2n) is 7.52. The van der Waals surface area contributed by atoms with Gasteiger partial charge < -0.3 is 15.0 Å². The molecule has 2 aliphatic heterocycles. The fourth-order valence-electron chi connectivity index (χ4n) is 4.29. The quantitative estimate of drug-likeness (QED) is 0.892. The van der Waals surface area contributed by atoms with Crippen LogP contribution < -0.4 is 10.2 Å². The molecule has 0 atom stereocenters. The first-order valence-electron chi connectivity index (χ1n) is 9.72. The largest absolute Gasteiger partial charge is 0.381 e. The highest BCUT2D eigenvalue weighted by Crippen LogP contribution is 2.37. The van der Waals surface area contributed by atoms with Crippen molar-refractivity contribution < 1.29 is 4.74 Å². The predicted molar refractivity (Wildman–Crippen MR) is 105 cm³/mol. The van der Waals surface area contributed by atoms with E-state index in [-0.39, 0.29) is 5.41 Å². The highest BCUT2D eigenvalue weighted by atomic mass is 16.5. The number of hydrogen-bond acceptors (Lipinski definition) is 5. The van der Waals surface area contributed by atoms with E-state index < -0.39 is 0 Å². The highest BCUT2D eigenvalue weighted by Gasteiger charge is 2.35. The van der Waals surface area contributed by atoms with Gasteiger partial charge in [-0.3, -0.25) is 0 Å². The lowest BCUT2D eigenvalue weighted by atomic mass is 9.72. The number of anilines is 2. The number of nitrogens with zero attached hydrogens (tertiary/aromatic N) is 3. The van der Waals surface area contributed by atoms with Crippen LogP contribution in [0.1, 0.15) is 36.8 Å². The van der Waals surface area contributed by atoms with E-state index in [1.54, 1.807) is 6.33 Å². The molecular formula is C21H28N4O. The van der Waals surface area contributed by atoms with E-state index in [1.165, 1.54) is 24.0 Å². The summed E-state index contributed by atoms with van der Waals surface area (Å²) in [5.41, 5.74) is 2.89. The second kappa shape index (κ2) is 7.62. The van der Waals surface area contributed by atoms with Crippen molar-refractivity contribution in [1.29, 1.82) is 0 Å². The molecule has 1 aromatic heterocycles. The van der Waals surface area contributed by atoms with Crippen LogP contribution in [0.3, 0.4) is 0 Å². The SMILES string of the molecule is Cc1ccccc1C1(CNc2cc(N3CCCC3)ncn2)CCOCC1. The van der Waals surface area contributed by atoms with Crippen molar-refractivity contribution in [3.05, 3.63) is 47.8 Å². The summed E-state index contributed by atoms with van der Waals surface area (Å²) in [7, 11) is 0. The van der Waals surface area contributed by atoms with E-state index in [2.05, 4.69) is 57.4 Å². The molecule has 0 bridgehead atoms. The molecule has 0 unspecified atom stereocenters. The molecule has 2 aliphatic rings. The van der Waals surface area contributed by atoms with E-state index in [1.807, 2.05) is 0 Å². The van der Waals surface area contributed by atoms with Crippen LogP contribution in [-0.4, -0.2) is 42.8 Å². The predicted octanol–water partition coefficient (Wildman–Crippen LogP) is 3.55. The summed E-state index contributed by atoms with van der Waals surface area (Å²) < 4.78 is 5.66. The maximum absolute atomic E-state index is 5.66. The Hall–Kier alpha value is -2.14. The van der Waals surface area contributed by atoms with Gasteiger partial charge in [0.2, 0.25) is 0 Å². The molecule has 5 nitrogen and oxygen atoms in total. The number of aromatic nitrogens is 2. The Morgan fingerprint density at radius 3 is 2.65 bits per heavy atom. The van der Waals surface area contributed by atoms with Crippen molar-refractivity contribution in [3.8, 4) is 0 Å². The number of hydrogen-bond donors (Lipinski definition) is 1. The van der Waals surface area contributed by atoms with Gasteiger partial charge in [-0.25, -0.2) is 9.97 Å². The fraction of sp³-hybridized carbons (Fsp3) is 0.524. The maximum Gasteiger partial charge on any atom is 0.134 e. The Balaban J connectivity index is 1.54. The van der Waals surface area contributed by atoms with Gasteiger partial charge in [0.1, 0.15) is 18.0 Å². The molecule has 138 valence electrons. The molecule has 2 saturated heterocycles. The standard InChI is InChI=1S/C21H28N4O/c1-17-6-2-3-7-18(17)21(8-12-26-13-9-21)15-22-19-14-20(24-16-23-19)25-10-4-5-11-25/h2-3,6-7,14,16H,4-5,8-13,15H2,1H3,(H,22,23,24). The molecular weight excluding hydrogens is 324 g/mol. The lowest BCUT2D eigenvalue weighted by molar-refractivity contribution is 0.0541. The minimum absolute atomic E-state index is 0.0996. The van der Waals surface area contributed by atoms with Gasteiger partial charge in [-0.1, -0.05) is 24.3 Å². The molecule has 1 N–H and O–H groups in total. The number of aryl methyl sites for hydroxylation is 1. The van der Waals surface area contributed by atoms with Gasteiger partial charge in [0.05, 0.1) is 0 Å². The summed E-state index contributed by atoms with van der Waals surface area (Å²) in [6.07, 6.45) is 6.26. The van der Waals surface area contributed by atoms with E-state index in [9.17, 15) is 0 Å². The summed E-state index contributed by atoms with van der Waals surface area (Å²) in [5.74, 6) is 1.96. The molecule has 2 fully saturated rings. The molecule has 3 heterocycles. The van der Waals surface area contributed by atoms with Gasteiger partial charge in [0.15, 0.2) is 0 Å². The Morgan fingerprint density at radius 2 is 1.88 bits per heavy atom. The van der Waals surface area contributed by atoms with Gasteiger partial charge in [-0.05, 0) is 43.7 Å². The highest BCUT2D eigenvalue weighted by molar-refractivity contribution is 5.49. The van der Waals surface area contributed by atoms with Crippen LogP contribution in [-0.2, 0) is 10.2 Å². The summed E-state index contributed by atoms with van der Waals surface area (Å²) in [6, 6.07) is 10.8. The second-order valence-corrected chi connectivity index (χ2v) is 7.52. The summed E-state index contributed by atoms with van der Waals surface area (Å²) >= 11 is 0. The molecule has 4 rings (SSSR count). The maximum atomic E-state index is 5.66. The molecule has 0 saturated carbocycles. The lowest BCUT2D eigenvalue weighted by Crippen LogP contribution is -2.40. The molecule has 2 aromatic rings. The van der Waals surface area contributed by atoms with Crippen molar-refractivity contribution in [3.63, 3.8) is 0 Å². The Labute approximate surface area is 155 Å². The fourth-order valence-corrected chi connectivity index (χ4v) is 4.29. The van der Waals surface area contributed by atoms with E-state index in [0.29, 0.717) is 0 Å². The normalized spacial score (nSPS) is 19.5. The summed E-state index contributed by atoms with van der Waals surface area (Å²) in [6.45, 7) is 6.92. The minimum Gasteiger partial charge on any atom is -0.381 e. The van der Waals surface area contributed by atoms with Gasteiger partial charge >= 0.3 is 0 Å². The Bertz CT molecular complexity index is 736. The van der Waals surface area contributed by atoms with Crippen LogP contribution in [0.15, 0.2) is 36.7 Å². The zero-order valence-electron chi connectivity index (χ0n) is 15.6. The molecule has 0 spiro atoms. The van der Waals surface area contributed by atoms with Gasteiger partial charge in [-0.15, -0.1) is 0 Å². The number of ether oxygens (including phenoxy) is 1. The van der Waals surface area contributed by atoms with Crippen LogP contribution in [0.2, 0.25) is 0 Å². The average molecular weight is 352 g/mol. The van der Waals surface area contributed by atoms with Crippen LogP contribution >= 0.6 is 0 Å². The van der Waals surface area contributed by atoms with Gasteiger partial charge in [0.25, 0.3) is 0 Å². The van der Waals surface area contributed by atoms with Crippen LogP contribution in [0, 0.1) is 6.92 Å². The van der Waals surface area contributed by atoms with Crippen molar-refractivity contribution in [2.45, 2.75) is 38.0 Å². The first-order valence-corrected chi connectivity index (χ1v) is 9.72. The zero-order valence-corrected chi connectivity index (χ0v) is 15.6. The van der Waals surface area contributed by atoms with Crippen molar-refractivity contribution >= 4 is 11.6 Å². The zero-order chi connectivity index (χ0) is 17.8. The van der Waals surface area contributed by atoms with E-state index in [0.717, 1.165) is 57.3 Å². The minimum atomic E-state index is 0.0996. The summed E-state index contributed by atoms with van der Waals surface area (Å²) in [4.78, 5) is 11.3. The number of nitrogens with one attached hydrogen (secondary N) is 1. The topological polar surface area (TPSA) is 50.3 Å². The third-order valence-electron chi connectivity index (χ3n) is 5.86. The first kappa shape index (κ1) is 17.3. The van der Waals surface area contributed by atoms with Crippen LogP contribution in [0.5, 0.6) is 0 Å². The monoisotopic (exact) mass is 352 g/mol. The van der Waals surface area contributed by atoms with Crippen molar-refractivity contribution in [1.82, 2.24) is 9.97 Å². The number of benzene rings is 1. The third-order valence-corrected chi connectivity index (χ3v) is 5.86. The average Bonchev–Trinajstić information content (AvgIpc) is 3.23. The molecule has 0 radical (unpaired) electrons. The van der Waals surface area contributed by atoms with Crippen LogP contribution in [0.4, 0.5) is 11.6 Å². The molecule has 5 heteroatoms. The van der Waals surface area contributed by atoms with E-state index >= 15 is 0 Å². The Kier molecular flexibility index (Phi) is 5.07.